The van der Waals surface area contributed by atoms with Gasteiger partial charge in [-0.2, -0.15) is 0 Å². The highest BCUT2D eigenvalue weighted by atomic mass is 35.5. The van der Waals surface area contributed by atoms with Crippen molar-refractivity contribution in [2.24, 2.45) is 0 Å². The summed E-state index contributed by atoms with van der Waals surface area (Å²) in [6.45, 7) is 5.44. The van der Waals surface area contributed by atoms with Crippen LogP contribution < -0.4 is 30.4 Å². The van der Waals surface area contributed by atoms with Gasteiger partial charge >= 0.3 is 0 Å². The number of fused-ring (bicyclic) bond motifs is 1. The first-order valence-electron chi connectivity index (χ1n) is 12.8. The van der Waals surface area contributed by atoms with Crippen LogP contribution in [-0.2, 0) is 6.54 Å². The monoisotopic (exact) mass is 542 g/mol. The van der Waals surface area contributed by atoms with Crippen LogP contribution in [0, 0.1) is 5.82 Å². The molecule has 0 radical (unpaired) electrons. The highest BCUT2D eigenvalue weighted by Crippen LogP contribution is 2.44. The maximum absolute atomic E-state index is 15.7. The minimum Gasteiger partial charge on any atom is -0.497 e. The van der Waals surface area contributed by atoms with Crippen LogP contribution in [0.3, 0.4) is 0 Å². The van der Waals surface area contributed by atoms with E-state index in [2.05, 4.69) is 24.5 Å². The van der Waals surface area contributed by atoms with E-state index in [0.717, 1.165) is 12.8 Å². The minimum absolute atomic E-state index is 0.0485. The minimum atomic E-state index is -0.550. The van der Waals surface area contributed by atoms with Gasteiger partial charge in [0, 0.05) is 49.0 Å². The number of anilines is 1. The second-order valence-electron chi connectivity index (χ2n) is 10.2. The first-order valence-corrected chi connectivity index (χ1v) is 13.2. The number of benzene rings is 2. The highest BCUT2D eigenvalue weighted by Gasteiger charge is 2.33. The Morgan fingerprint density at radius 3 is 2.47 bits per heavy atom. The molecule has 10 heteroatoms. The Bertz CT molecular complexity index is 1450. The fourth-order valence-corrected chi connectivity index (χ4v) is 5.55. The molecule has 1 aliphatic carbocycles. The molecule has 2 atom stereocenters. The van der Waals surface area contributed by atoms with Crippen molar-refractivity contribution in [1.29, 1.82) is 0 Å². The second-order valence-corrected chi connectivity index (χ2v) is 10.6. The maximum Gasteiger partial charge on any atom is 0.257 e. The van der Waals surface area contributed by atoms with E-state index in [1.165, 1.54) is 13.2 Å². The standard InChI is InChI=1S/C28H32ClFN4O4/c1-15-12-33(13-16(2)32-15)25-23(30)10-20-24(27(25)38-4)34(18-6-7-18)14-21(26(20)35)28(36)31-11-17-5-8-19(37-3)9-22(17)29/h5,8-10,14-16,18,32H,6-7,11-13H2,1-4H3,(H,31,36)/t15-,16+. The van der Waals surface area contributed by atoms with Gasteiger partial charge < -0.3 is 29.6 Å². The molecule has 1 saturated carbocycles. The molecule has 0 bridgehead atoms. The van der Waals surface area contributed by atoms with E-state index in [0.29, 0.717) is 46.4 Å². The van der Waals surface area contributed by atoms with E-state index >= 15 is 4.39 Å². The largest absolute Gasteiger partial charge is 0.497 e. The number of piperazine rings is 1. The van der Waals surface area contributed by atoms with Crippen LogP contribution in [0.2, 0.25) is 5.02 Å². The van der Waals surface area contributed by atoms with Crippen LogP contribution in [0.25, 0.3) is 10.9 Å². The van der Waals surface area contributed by atoms with E-state index in [9.17, 15) is 9.59 Å². The highest BCUT2D eigenvalue weighted by molar-refractivity contribution is 6.31. The molecule has 2 N–H and O–H groups in total. The number of ether oxygens (including phenoxy) is 2. The Morgan fingerprint density at radius 1 is 1.16 bits per heavy atom. The lowest BCUT2D eigenvalue weighted by molar-refractivity contribution is 0.0949. The zero-order valence-electron chi connectivity index (χ0n) is 21.9. The summed E-state index contributed by atoms with van der Waals surface area (Å²) in [6, 6.07) is 6.84. The summed E-state index contributed by atoms with van der Waals surface area (Å²) in [6.07, 6.45) is 3.39. The molecule has 1 saturated heterocycles. The third-order valence-corrected chi connectivity index (χ3v) is 7.51. The third-order valence-electron chi connectivity index (χ3n) is 7.16. The molecule has 0 spiro atoms. The van der Waals surface area contributed by atoms with E-state index < -0.39 is 17.2 Å². The molecule has 202 valence electrons. The van der Waals surface area contributed by atoms with Crippen LogP contribution in [-0.4, -0.2) is 49.9 Å². The van der Waals surface area contributed by atoms with Gasteiger partial charge in [-0.05, 0) is 50.5 Å². The number of methoxy groups -OCH3 is 2. The number of aromatic nitrogens is 1. The molecule has 1 aliphatic heterocycles. The lowest BCUT2D eigenvalue weighted by atomic mass is 10.1. The zero-order chi connectivity index (χ0) is 27.1. The number of carbonyl (C=O) groups excluding carboxylic acids is 1. The first-order chi connectivity index (χ1) is 18.2. The number of amides is 1. The van der Waals surface area contributed by atoms with Gasteiger partial charge in [0.2, 0.25) is 5.43 Å². The van der Waals surface area contributed by atoms with Gasteiger partial charge in [0.25, 0.3) is 5.91 Å². The molecule has 3 aromatic rings. The number of nitrogens with one attached hydrogen (secondary N) is 2. The van der Waals surface area contributed by atoms with Crippen molar-refractivity contribution in [3.8, 4) is 11.5 Å². The summed E-state index contributed by atoms with van der Waals surface area (Å²) in [7, 11) is 3.04. The summed E-state index contributed by atoms with van der Waals surface area (Å²) >= 11 is 6.31. The molecule has 1 aromatic heterocycles. The first kappa shape index (κ1) is 26.3. The summed E-state index contributed by atoms with van der Waals surface area (Å²) in [4.78, 5) is 28.8. The number of hydrogen-bond acceptors (Lipinski definition) is 6. The zero-order valence-corrected chi connectivity index (χ0v) is 22.7. The van der Waals surface area contributed by atoms with Crippen molar-refractivity contribution in [1.82, 2.24) is 15.2 Å². The van der Waals surface area contributed by atoms with Crippen LogP contribution in [0.15, 0.2) is 35.3 Å². The van der Waals surface area contributed by atoms with Crippen LogP contribution in [0.4, 0.5) is 10.1 Å². The molecule has 38 heavy (non-hydrogen) atoms. The third kappa shape index (κ3) is 4.92. The Morgan fingerprint density at radius 2 is 1.87 bits per heavy atom. The average Bonchev–Trinajstić information content (AvgIpc) is 3.72. The lowest BCUT2D eigenvalue weighted by Crippen LogP contribution is -2.54. The molecule has 2 heterocycles. The summed E-state index contributed by atoms with van der Waals surface area (Å²) in [5, 5.41) is 6.80. The Balaban J connectivity index is 1.56. The molecule has 2 aliphatic rings. The van der Waals surface area contributed by atoms with Gasteiger partial charge in [-0.15, -0.1) is 0 Å². The predicted molar refractivity (Wildman–Crippen MR) is 146 cm³/mol. The Labute approximate surface area is 225 Å². The van der Waals surface area contributed by atoms with Crippen molar-refractivity contribution in [2.75, 3.05) is 32.2 Å². The topological polar surface area (TPSA) is 84.8 Å². The van der Waals surface area contributed by atoms with Crippen molar-refractivity contribution in [3.63, 3.8) is 0 Å². The summed E-state index contributed by atoms with van der Waals surface area (Å²) in [5.41, 5.74) is 0.958. The van der Waals surface area contributed by atoms with Gasteiger partial charge in [-0.3, -0.25) is 9.59 Å². The molecule has 2 aromatic carbocycles. The molecule has 5 rings (SSSR count). The second kappa shape index (κ2) is 10.5. The van der Waals surface area contributed by atoms with Crippen LogP contribution in [0.1, 0.15) is 48.7 Å². The predicted octanol–water partition coefficient (Wildman–Crippen LogP) is 4.26. The number of hydrogen-bond donors (Lipinski definition) is 2. The van der Waals surface area contributed by atoms with Crippen molar-refractivity contribution in [2.45, 2.75) is 51.4 Å². The maximum atomic E-state index is 15.7. The van der Waals surface area contributed by atoms with Gasteiger partial charge in [0.05, 0.1) is 25.1 Å². The number of nitrogens with zero attached hydrogens (tertiary/aromatic N) is 2. The summed E-state index contributed by atoms with van der Waals surface area (Å²) < 4.78 is 28.6. The van der Waals surface area contributed by atoms with Crippen LogP contribution >= 0.6 is 11.6 Å². The normalized spacial score (nSPS) is 19.5. The van der Waals surface area contributed by atoms with Gasteiger partial charge in [0.15, 0.2) is 11.6 Å². The Hall–Kier alpha value is -3.30. The molecule has 1 amide bonds. The van der Waals surface area contributed by atoms with Crippen molar-refractivity contribution in [3.05, 3.63) is 62.7 Å². The quantitative estimate of drug-likeness (QED) is 0.464. The van der Waals surface area contributed by atoms with Gasteiger partial charge in [-0.25, -0.2) is 4.39 Å². The molecule has 2 fully saturated rings. The fraction of sp³-hybridized carbons (Fsp3) is 0.429. The molecule has 0 unspecified atom stereocenters. The summed E-state index contributed by atoms with van der Waals surface area (Å²) in [5.74, 6) is -0.168. The van der Waals surface area contributed by atoms with Gasteiger partial charge in [0.1, 0.15) is 17.0 Å². The number of carbonyl (C=O) groups is 1. The van der Waals surface area contributed by atoms with Crippen molar-refractivity contribution < 1.29 is 18.7 Å². The molecular formula is C28H32ClFN4O4. The number of rotatable bonds is 7. The average molecular weight is 543 g/mol. The smallest absolute Gasteiger partial charge is 0.257 e. The SMILES string of the molecule is COc1ccc(CNC(=O)c2cn(C3CC3)c3c(OC)c(N4C[C@@H](C)N[C@@H](C)C4)c(F)cc3c2=O)c(Cl)c1. The number of pyridine rings is 1. The van der Waals surface area contributed by atoms with E-state index in [1.807, 2.05) is 9.47 Å². The van der Waals surface area contributed by atoms with Crippen LogP contribution in [0.5, 0.6) is 11.5 Å². The van der Waals surface area contributed by atoms with E-state index in [-0.39, 0.29) is 35.6 Å². The molecule has 8 nitrogen and oxygen atoms in total. The Kier molecular flexibility index (Phi) is 7.24. The van der Waals surface area contributed by atoms with Gasteiger partial charge in [-0.1, -0.05) is 17.7 Å². The molecular weight excluding hydrogens is 511 g/mol. The van der Waals surface area contributed by atoms with E-state index in [4.69, 9.17) is 21.1 Å². The van der Waals surface area contributed by atoms with Crippen molar-refractivity contribution >= 4 is 34.1 Å². The van der Waals surface area contributed by atoms with E-state index in [1.54, 1.807) is 31.5 Å². The lowest BCUT2D eigenvalue weighted by Gasteiger charge is -2.38. The fourth-order valence-electron chi connectivity index (χ4n) is 5.31. The number of halogens is 2.